The van der Waals surface area contributed by atoms with E-state index in [2.05, 4.69) is 0 Å². The van der Waals surface area contributed by atoms with E-state index in [-0.39, 0.29) is 17.4 Å². The molecule has 1 aromatic rings. The van der Waals surface area contributed by atoms with Crippen LogP contribution in [0, 0.1) is 21.4 Å². The number of non-ortho nitro benzene ring substituents is 1. The second-order valence-corrected chi connectivity index (χ2v) is 3.82. The molecule has 0 N–H and O–H groups in total. The number of benzene rings is 1. The molecule has 0 aromatic heterocycles. The van der Waals surface area contributed by atoms with Gasteiger partial charge < -0.3 is 9.47 Å². The maximum atomic E-state index is 10.6. The lowest BCUT2D eigenvalue weighted by Crippen LogP contribution is -2.11. The normalized spacial score (nSPS) is 10.1. The molecule has 0 heterocycles. The van der Waals surface area contributed by atoms with E-state index in [1.54, 1.807) is 0 Å². The van der Waals surface area contributed by atoms with Crippen LogP contribution in [-0.2, 0) is 4.74 Å². The third-order valence-electron chi connectivity index (χ3n) is 2.09. The van der Waals surface area contributed by atoms with E-state index in [1.165, 1.54) is 18.2 Å². The summed E-state index contributed by atoms with van der Waals surface area (Å²) in [7, 11) is 0. The van der Waals surface area contributed by atoms with Gasteiger partial charge in [-0.25, -0.2) is 0 Å². The van der Waals surface area contributed by atoms with E-state index in [9.17, 15) is 10.1 Å². The summed E-state index contributed by atoms with van der Waals surface area (Å²) in [6.07, 6.45) is 0.112. The van der Waals surface area contributed by atoms with Crippen LogP contribution in [0.2, 0.25) is 0 Å². The van der Waals surface area contributed by atoms with Crippen LogP contribution in [0.3, 0.4) is 0 Å². The molecule has 0 saturated carbocycles. The summed E-state index contributed by atoms with van der Waals surface area (Å²) in [6, 6.07) is 5.79. The number of nitro benzene ring substituents is 1. The van der Waals surface area contributed by atoms with Crippen LogP contribution in [0.4, 0.5) is 5.69 Å². The minimum Gasteiger partial charge on any atom is -0.490 e. The standard InChI is InChI=1S/C12H14N2O4/c1-9(2)17-5-6-18-12-4-3-11(14(15)16)7-10(12)8-13/h3-4,7,9H,5-6H2,1-2H3. The van der Waals surface area contributed by atoms with Crippen molar-refractivity contribution < 1.29 is 14.4 Å². The Morgan fingerprint density at radius 1 is 1.44 bits per heavy atom. The summed E-state index contributed by atoms with van der Waals surface area (Å²) in [5, 5.41) is 19.4. The minimum atomic E-state index is -0.549. The van der Waals surface area contributed by atoms with Gasteiger partial charge in [0, 0.05) is 12.1 Å². The van der Waals surface area contributed by atoms with Crippen LogP contribution in [-0.4, -0.2) is 24.2 Å². The van der Waals surface area contributed by atoms with E-state index in [0.717, 1.165) is 0 Å². The average Bonchev–Trinajstić information content (AvgIpc) is 2.34. The second kappa shape index (κ2) is 6.57. The lowest BCUT2D eigenvalue weighted by atomic mass is 10.2. The summed E-state index contributed by atoms with van der Waals surface area (Å²) in [5.74, 6) is 0.329. The topological polar surface area (TPSA) is 85.4 Å². The Morgan fingerprint density at radius 3 is 2.72 bits per heavy atom. The fourth-order valence-electron chi connectivity index (χ4n) is 1.28. The van der Waals surface area contributed by atoms with Crippen molar-refractivity contribution in [2.45, 2.75) is 20.0 Å². The van der Waals surface area contributed by atoms with Gasteiger partial charge in [0.1, 0.15) is 24.0 Å². The predicted molar refractivity (Wildman–Crippen MR) is 64.4 cm³/mol. The van der Waals surface area contributed by atoms with Gasteiger partial charge in [-0.1, -0.05) is 0 Å². The zero-order valence-corrected chi connectivity index (χ0v) is 10.3. The lowest BCUT2D eigenvalue weighted by molar-refractivity contribution is -0.384. The molecule has 0 aliphatic carbocycles. The highest BCUT2D eigenvalue weighted by atomic mass is 16.6. The Morgan fingerprint density at radius 2 is 2.17 bits per heavy atom. The monoisotopic (exact) mass is 250 g/mol. The van der Waals surface area contributed by atoms with Crippen molar-refractivity contribution in [3.05, 3.63) is 33.9 Å². The Kier molecular flexibility index (Phi) is 5.08. The fourth-order valence-corrected chi connectivity index (χ4v) is 1.28. The van der Waals surface area contributed by atoms with Crippen LogP contribution in [0.5, 0.6) is 5.75 Å². The number of nitro groups is 1. The molecular formula is C12H14N2O4. The maximum absolute atomic E-state index is 10.6. The molecule has 0 spiro atoms. The first-order chi connectivity index (χ1) is 8.54. The molecule has 0 atom stereocenters. The molecule has 6 nitrogen and oxygen atoms in total. The summed E-state index contributed by atoms with van der Waals surface area (Å²) >= 11 is 0. The highest BCUT2D eigenvalue weighted by Gasteiger charge is 2.11. The third kappa shape index (κ3) is 4.03. The molecule has 0 saturated heterocycles. The molecule has 6 heteroatoms. The maximum Gasteiger partial charge on any atom is 0.271 e. The Hall–Kier alpha value is -2.13. The van der Waals surface area contributed by atoms with Crippen molar-refractivity contribution in [1.29, 1.82) is 5.26 Å². The van der Waals surface area contributed by atoms with Crippen LogP contribution in [0.1, 0.15) is 19.4 Å². The number of hydrogen-bond donors (Lipinski definition) is 0. The predicted octanol–water partition coefficient (Wildman–Crippen LogP) is 2.27. The largest absolute Gasteiger partial charge is 0.490 e. The average molecular weight is 250 g/mol. The molecule has 0 radical (unpaired) electrons. The number of rotatable bonds is 6. The molecule has 0 aliphatic heterocycles. The van der Waals surface area contributed by atoms with E-state index >= 15 is 0 Å². The molecule has 0 aliphatic rings. The first-order valence-corrected chi connectivity index (χ1v) is 5.47. The number of hydrogen-bond acceptors (Lipinski definition) is 5. The van der Waals surface area contributed by atoms with Gasteiger partial charge in [0.15, 0.2) is 0 Å². The number of nitriles is 1. The zero-order valence-electron chi connectivity index (χ0n) is 10.3. The summed E-state index contributed by atoms with van der Waals surface area (Å²) in [6.45, 7) is 4.52. The Balaban J connectivity index is 2.66. The van der Waals surface area contributed by atoms with Crippen LogP contribution in [0.25, 0.3) is 0 Å². The van der Waals surface area contributed by atoms with E-state index in [1.807, 2.05) is 19.9 Å². The van der Waals surface area contributed by atoms with E-state index in [0.29, 0.717) is 19.0 Å². The molecule has 18 heavy (non-hydrogen) atoms. The summed E-state index contributed by atoms with van der Waals surface area (Å²) in [5.41, 5.74) is 0.0195. The van der Waals surface area contributed by atoms with Gasteiger partial charge in [-0.05, 0) is 19.9 Å². The zero-order chi connectivity index (χ0) is 13.5. The SMILES string of the molecule is CC(C)OCCOc1ccc([N+](=O)[O-])cc1C#N. The first-order valence-electron chi connectivity index (χ1n) is 5.47. The first kappa shape index (κ1) is 13.9. The van der Waals surface area contributed by atoms with Crippen LogP contribution >= 0.6 is 0 Å². The van der Waals surface area contributed by atoms with Gasteiger partial charge >= 0.3 is 0 Å². The lowest BCUT2D eigenvalue weighted by Gasteiger charge is -2.10. The quantitative estimate of drug-likeness (QED) is 0.439. The van der Waals surface area contributed by atoms with E-state index in [4.69, 9.17) is 14.7 Å². The van der Waals surface area contributed by atoms with Gasteiger partial charge in [-0.3, -0.25) is 10.1 Å². The molecule has 1 rings (SSSR count). The van der Waals surface area contributed by atoms with Crippen molar-refractivity contribution >= 4 is 5.69 Å². The molecule has 0 bridgehead atoms. The molecule has 0 fully saturated rings. The summed E-state index contributed by atoms with van der Waals surface area (Å²) < 4.78 is 10.6. The van der Waals surface area contributed by atoms with E-state index < -0.39 is 4.92 Å². The van der Waals surface area contributed by atoms with Gasteiger partial charge in [0.05, 0.1) is 17.6 Å². The van der Waals surface area contributed by atoms with Gasteiger partial charge in [-0.15, -0.1) is 0 Å². The smallest absolute Gasteiger partial charge is 0.271 e. The fraction of sp³-hybridized carbons (Fsp3) is 0.417. The second-order valence-electron chi connectivity index (χ2n) is 3.82. The van der Waals surface area contributed by atoms with Gasteiger partial charge in [0.2, 0.25) is 0 Å². The molecule has 1 aromatic carbocycles. The van der Waals surface area contributed by atoms with Crippen molar-refractivity contribution in [1.82, 2.24) is 0 Å². The molecular weight excluding hydrogens is 236 g/mol. The molecule has 96 valence electrons. The van der Waals surface area contributed by atoms with Crippen LogP contribution in [0.15, 0.2) is 18.2 Å². The minimum absolute atomic E-state index is 0.112. The molecule has 0 unspecified atom stereocenters. The van der Waals surface area contributed by atoms with Crippen molar-refractivity contribution in [2.24, 2.45) is 0 Å². The Labute approximate surface area is 105 Å². The van der Waals surface area contributed by atoms with Gasteiger partial charge in [0.25, 0.3) is 5.69 Å². The highest BCUT2D eigenvalue weighted by Crippen LogP contribution is 2.23. The molecule has 0 amide bonds. The van der Waals surface area contributed by atoms with Crippen molar-refractivity contribution in [2.75, 3.05) is 13.2 Å². The number of ether oxygens (including phenoxy) is 2. The number of nitrogens with zero attached hydrogens (tertiary/aromatic N) is 2. The van der Waals surface area contributed by atoms with Crippen LogP contribution < -0.4 is 4.74 Å². The summed E-state index contributed by atoms with van der Waals surface area (Å²) in [4.78, 5) is 10.0. The third-order valence-corrected chi connectivity index (χ3v) is 2.09. The Bertz CT molecular complexity index is 466. The van der Waals surface area contributed by atoms with Gasteiger partial charge in [-0.2, -0.15) is 5.26 Å². The van der Waals surface area contributed by atoms with Crippen molar-refractivity contribution in [3.63, 3.8) is 0 Å². The van der Waals surface area contributed by atoms with Crippen molar-refractivity contribution in [3.8, 4) is 11.8 Å². The highest BCUT2D eigenvalue weighted by molar-refractivity contribution is 5.50.